The van der Waals surface area contributed by atoms with Gasteiger partial charge in [-0.2, -0.15) is 0 Å². The lowest BCUT2D eigenvalue weighted by Crippen LogP contribution is -2.29. The summed E-state index contributed by atoms with van der Waals surface area (Å²) in [6.07, 6.45) is 21.3. The molecule has 0 saturated carbocycles. The number of unbranched alkanes of at least 4 members (excludes halogenated alkanes) is 5. The molecule has 0 radical (unpaired) electrons. The fourth-order valence-electron chi connectivity index (χ4n) is 2.92. The molecule has 0 amide bonds. The van der Waals surface area contributed by atoms with E-state index in [-0.39, 0.29) is 32.6 Å². The molecule has 10 heteroatoms. The highest BCUT2D eigenvalue weighted by molar-refractivity contribution is 7.47. The van der Waals surface area contributed by atoms with Gasteiger partial charge < -0.3 is 20.1 Å². The number of carbonyl (C=O) groups excluding carboxylic acids is 2. The van der Waals surface area contributed by atoms with Crippen LogP contribution in [0.25, 0.3) is 0 Å². The number of carbonyl (C=O) groups is 2. The van der Waals surface area contributed by atoms with E-state index in [2.05, 4.69) is 47.9 Å². The van der Waals surface area contributed by atoms with Crippen LogP contribution in [0, 0.1) is 0 Å². The van der Waals surface area contributed by atoms with Crippen molar-refractivity contribution in [3.63, 3.8) is 0 Å². The van der Waals surface area contributed by atoms with Crippen LogP contribution in [0.2, 0.25) is 0 Å². The van der Waals surface area contributed by atoms with Gasteiger partial charge in [0, 0.05) is 19.4 Å². The molecule has 2 unspecified atom stereocenters. The highest BCUT2D eigenvalue weighted by Crippen LogP contribution is 2.43. The predicted molar refractivity (Wildman–Crippen MR) is 141 cm³/mol. The van der Waals surface area contributed by atoms with E-state index in [9.17, 15) is 19.0 Å². The summed E-state index contributed by atoms with van der Waals surface area (Å²) in [6.45, 7) is 2.93. The van der Waals surface area contributed by atoms with Crippen molar-refractivity contribution in [1.29, 1.82) is 0 Å². The number of hydrogen-bond acceptors (Lipinski definition) is 8. The second-order valence-electron chi connectivity index (χ2n) is 8.13. The Hall–Kier alpha value is -1.77. The van der Waals surface area contributed by atoms with Crippen molar-refractivity contribution < 1.29 is 37.6 Å². The number of rotatable bonds is 23. The summed E-state index contributed by atoms with van der Waals surface area (Å²) in [5.74, 6) is -0.957. The third-order valence-corrected chi connectivity index (χ3v) is 5.83. The Bertz CT molecular complexity index is 708. The minimum absolute atomic E-state index is 0.0478. The molecule has 3 N–H and O–H groups in total. The lowest BCUT2D eigenvalue weighted by molar-refractivity contribution is -0.161. The van der Waals surface area contributed by atoms with E-state index < -0.39 is 32.5 Å². The fraction of sp³-hybridized carbons (Fsp3) is 0.692. The molecule has 36 heavy (non-hydrogen) atoms. The van der Waals surface area contributed by atoms with E-state index in [1.807, 2.05) is 0 Å². The van der Waals surface area contributed by atoms with E-state index >= 15 is 0 Å². The van der Waals surface area contributed by atoms with Crippen LogP contribution in [0.4, 0.5) is 0 Å². The number of esters is 2. The molecule has 0 aromatic carbocycles. The number of phosphoric ester groups is 1. The molecule has 9 nitrogen and oxygen atoms in total. The van der Waals surface area contributed by atoms with E-state index in [1.54, 1.807) is 6.92 Å². The Morgan fingerprint density at radius 1 is 0.861 bits per heavy atom. The zero-order chi connectivity index (χ0) is 26.9. The maximum absolute atomic E-state index is 12.2. The third-order valence-electron chi connectivity index (χ3n) is 4.84. The van der Waals surface area contributed by atoms with Gasteiger partial charge in [0.25, 0.3) is 0 Å². The number of hydrogen-bond donors (Lipinski definition) is 2. The first-order valence-corrected chi connectivity index (χ1v) is 14.5. The summed E-state index contributed by atoms with van der Waals surface area (Å²) in [7, 11) is -4.34. The van der Waals surface area contributed by atoms with E-state index in [0.717, 1.165) is 51.4 Å². The van der Waals surface area contributed by atoms with Crippen molar-refractivity contribution in [1.82, 2.24) is 0 Å². The fourth-order valence-corrected chi connectivity index (χ4v) is 3.69. The highest BCUT2D eigenvalue weighted by Gasteiger charge is 2.25. The van der Waals surface area contributed by atoms with Gasteiger partial charge in [0.1, 0.15) is 6.61 Å². The van der Waals surface area contributed by atoms with Gasteiger partial charge in [0.2, 0.25) is 0 Å². The largest absolute Gasteiger partial charge is 0.472 e. The van der Waals surface area contributed by atoms with E-state index in [1.165, 1.54) is 0 Å². The van der Waals surface area contributed by atoms with Crippen molar-refractivity contribution in [2.24, 2.45) is 5.73 Å². The Kier molecular flexibility index (Phi) is 22.5. The summed E-state index contributed by atoms with van der Waals surface area (Å²) in [6, 6.07) is 0. The summed E-state index contributed by atoms with van der Waals surface area (Å²) in [4.78, 5) is 33.2. The summed E-state index contributed by atoms with van der Waals surface area (Å²) in [5, 5.41) is 0. The maximum Gasteiger partial charge on any atom is 0.472 e. The van der Waals surface area contributed by atoms with Gasteiger partial charge in [0.15, 0.2) is 6.10 Å². The molecular formula is C26H46NO8P. The Morgan fingerprint density at radius 2 is 1.50 bits per heavy atom. The van der Waals surface area contributed by atoms with Crippen LogP contribution in [0.15, 0.2) is 36.5 Å². The molecule has 0 aromatic rings. The van der Waals surface area contributed by atoms with Gasteiger partial charge in [-0.1, -0.05) is 69.6 Å². The van der Waals surface area contributed by atoms with Crippen molar-refractivity contribution in [3.05, 3.63) is 36.5 Å². The molecule has 0 saturated heterocycles. The van der Waals surface area contributed by atoms with E-state index in [0.29, 0.717) is 6.42 Å². The first-order valence-electron chi connectivity index (χ1n) is 13.0. The maximum atomic E-state index is 12.2. The van der Waals surface area contributed by atoms with Gasteiger partial charge in [-0.25, -0.2) is 4.57 Å². The van der Waals surface area contributed by atoms with Crippen LogP contribution >= 0.6 is 7.82 Å². The molecule has 0 aliphatic carbocycles. The second-order valence-corrected chi connectivity index (χ2v) is 9.59. The van der Waals surface area contributed by atoms with Crippen LogP contribution in [0.1, 0.15) is 84.5 Å². The first kappa shape index (κ1) is 34.2. The van der Waals surface area contributed by atoms with Crippen LogP contribution in [0.5, 0.6) is 0 Å². The lowest BCUT2D eigenvalue weighted by Gasteiger charge is -2.19. The number of phosphoric acid groups is 1. The molecule has 0 aliphatic heterocycles. The molecule has 0 fully saturated rings. The Morgan fingerprint density at radius 3 is 2.17 bits per heavy atom. The molecule has 0 aromatic heterocycles. The summed E-state index contributed by atoms with van der Waals surface area (Å²) in [5.41, 5.74) is 5.24. The quantitative estimate of drug-likeness (QED) is 0.0755. The zero-order valence-electron chi connectivity index (χ0n) is 22.0. The van der Waals surface area contributed by atoms with Gasteiger partial charge in [0.05, 0.1) is 13.2 Å². The average Bonchev–Trinajstić information content (AvgIpc) is 2.86. The van der Waals surface area contributed by atoms with Crippen LogP contribution in [-0.2, 0) is 32.7 Å². The molecule has 0 spiro atoms. The van der Waals surface area contributed by atoms with Crippen molar-refractivity contribution in [2.75, 3.05) is 26.4 Å². The van der Waals surface area contributed by atoms with Crippen LogP contribution < -0.4 is 5.73 Å². The Labute approximate surface area is 216 Å². The van der Waals surface area contributed by atoms with E-state index in [4.69, 9.17) is 19.7 Å². The molecule has 0 bridgehead atoms. The third kappa shape index (κ3) is 22.7. The van der Waals surface area contributed by atoms with Crippen molar-refractivity contribution >= 4 is 19.8 Å². The normalized spacial score (nSPS) is 14.4. The number of ether oxygens (including phenoxy) is 2. The molecule has 0 aliphatic rings. The lowest BCUT2D eigenvalue weighted by atomic mass is 10.1. The van der Waals surface area contributed by atoms with Crippen LogP contribution in [-0.4, -0.2) is 49.3 Å². The number of nitrogens with two attached hydrogens (primary N) is 1. The highest BCUT2D eigenvalue weighted by atomic mass is 31.2. The Balaban J connectivity index is 4.09. The standard InChI is InChI=1S/C26H46NO8P/c1-3-5-6-7-8-9-10-11-12-13-14-15-16-17-18-19-26(29)35-24(22-32-25(28)4-2)23-34-36(30,31)33-21-20-27/h5-6,8-9,11-12,24H,3-4,7,10,13-23,27H2,1-2H3,(H,30,31)/b6-5-,9-8-,12-11-. The van der Waals surface area contributed by atoms with Gasteiger partial charge in [-0.3, -0.25) is 18.6 Å². The van der Waals surface area contributed by atoms with Crippen molar-refractivity contribution in [2.45, 2.75) is 90.6 Å². The molecule has 2 atom stereocenters. The smallest absolute Gasteiger partial charge is 0.462 e. The predicted octanol–water partition coefficient (Wildman–Crippen LogP) is 5.53. The van der Waals surface area contributed by atoms with Gasteiger partial charge in [-0.05, 0) is 38.5 Å². The minimum atomic E-state index is -4.34. The second kappa shape index (κ2) is 23.6. The SMILES string of the molecule is CC/C=C\C/C=C\C/C=C\CCCCCCCC(=O)OC(COC(=O)CC)COP(=O)(O)OCCN. The number of allylic oxidation sites excluding steroid dienone is 6. The zero-order valence-corrected chi connectivity index (χ0v) is 22.9. The van der Waals surface area contributed by atoms with Crippen molar-refractivity contribution in [3.8, 4) is 0 Å². The summed E-state index contributed by atoms with van der Waals surface area (Å²) < 4.78 is 31.6. The summed E-state index contributed by atoms with van der Waals surface area (Å²) >= 11 is 0. The average molecular weight is 532 g/mol. The van der Waals surface area contributed by atoms with Gasteiger partial charge >= 0.3 is 19.8 Å². The first-order chi connectivity index (χ1) is 17.3. The topological polar surface area (TPSA) is 134 Å². The monoisotopic (exact) mass is 531 g/mol. The minimum Gasteiger partial charge on any atom is -0.462 e. The molecule has 208 valence electrons. The molecular weight excluding hydrogens is 485 g/mol. The molecule has 0 heterocycles. The van der Waals surface area contributed by atoms with Gasteiger partial charge in [-0.15, -0.1) is 0 Å². The van der Waals surface area contributed by atoms with Crippen LogP contribution in [0.3, 0.4) is 0 Å². The molecule has 0 rings (SSSR count).